The van der Waals surface area contributed by atoms with Gasteiger partial charge < -0.3 is 9.47 Å². The van der Waals surface area contributed by atoms with Gasteiger partial charge >= 0.3 is 0 Å². The molecule has 0 atom stereocenters. The summed E-state index contributed by atoms with van der Waals surface area (Å²) in [6.45, 7) is 0.564. The van der Waals surface area contributed by atoms with Gasteiger partial charge in [-0.15, -0.1) is 0 Å². The fourth-order valence-corrected chi connectivity index (χ4v) is 3.83. The Bertz CT molecular complexity index is 1130. The molecule has 0 fully saturated rings. The van der Waals surface area contributed by atoms with E-state index >= 15 is 0 Å². The lowest BCUT2D eigenvalue weighted by molar-refractivity contribution is 0.394. The summed E-state index contributed by atoms with van der Waals surface area (Å²) in [5.74, 6) is 2.01. The third-order valence-electron chi connectivity index (χ3n) is 4.58. The molecule has 0 amide bonds. The normalized spacial score (nSPS) is 14.6. The molecule has 0 saturated carbocycles. The topological polar surface area (TPSA) is 53.4 Å². The average molecular weight is 403 g/mol. The highest BCUT2D eigenvalue weighted by molar-refractivity contribution is 6.38. The van der Waals surface area contributed by atoms with E-state index in [1.54, 1.807) is 30.9 Å². The van der Waals surface area contributed by atoms with Crippen molar-refractivity contribution in [2.75, 3.05) is 14.2 Å². The Labute approximate surface area is 165 Å². The van der Waals surface area contributed by atoms with Crippen LogP contribution in [0.15, 0.2) is 35.1 Å². The lowest BCUT2D eigenvalue weighted by Crippen LogP contribution is -2.20. The van der Waals surface area contributed by atoms with E-state index in [-0.39, 0.29) is 5.56 Å². The Morgan fingerprint density at radius 2 is 1.78 bits per heavy atom. The van der Waals surface area contributed by atoms with Crippen molar-refractivity contribution in [1.82, 2.24) is 9.55 Å². The maximum absolute atomic E-state index is 12.9. The molecule has 0 unspecified atom stereocenters. The van der Waals surface area contributed by atoms with Crippen LogP contribution in [-0.2, 0) is 6.54 Å². The Kier molecular flexibility index (Phi) is 4.58. The van der Waals surface area contributed by atoms with Gasteiger partial charge in [0.15, 0.2) is 0 Å². The van der Waals surface area contributed by atoms with Crippen LogP contribution in [0, 0.1) is 0 Å². The summed E-state index contributed by atoms with van der Waals surface area (Å²) in [5, 5.41) is 1.22. The number of methoxy groups -OCH3 is 2. The monoisotopic (exact) mass is 402 g/mol. The summed E-state index contributed by atoms with van der Waals surface area (Å²) >= 11 is 12.3. The number of hydrogen-bond donors (Lipinski definition) is 0. The number of fused-ring (bicyclic) bond motifs is 2. The van der Waals surface area contributed by atoms with Gasteiger partial charge in [0.05, 0.1) is 30.1 Å². The molecule has 1 aliphatic rings. The molecule has 7 heteroatoms. The van der Waals surface area contributed by atoms with Crippen molar-refractivity contribution in [3.8, 4) is 11.5 Å². The lowest BCUT2D eigenvalue weighted by Gasteiger charge is -2.08. The number of nitrogens with zero attached hydrogens (tertiary/aromatic N) is 2. The predicted octanol–water partition coefficient (Wildman–Crippen LogP) is 4.66. The minimum Gasteiger partial charge on any atom is -0.497 e. The van der Waals surface area contributed by atoms with Crippen molar-refractivity contribution in [3.05, 3.63) is 62.1 Å². The second kappa shape index (κ2) is 6.91. The molecule has 0 saturated heterocycles. The second-order valence-corrected chi connectivity index (χ2v) is 7.09. The third kappa shape index (κ3) is 3.17. The molecule has 0 aliphatic carbocycles. The van der Waals surface area contributed by atoms with Gasteiger partial charge in [-0.1, -0.05) is 23.2 Å². The van der Waals surface area contributed by atoms with Crippen LogP contribution >= 0.6 is 23.2 Å². The Morgan fingerprint density at radius 1 is 1.07 bits per heavy atom. The number of aromatic nitrogens is 2. The van der Waals surface area contributed by atoms with Gasteiger partial charge in [0.2, 0.25) is 0 Å². The maximum atomic E-state index is 12.9. The van der Waals surface area contributed by atoms with E-state index in [0.29, 0.717) is 51.2 Å². The van der Waals surface area contributed by atoms with Crippen LogP contribution in [0.3, 0.4) is 0 Å². The van der Waals surface area contributed by atoms with E-state index in [1.807, 2.05) is 24.3 Å². The van der Waals surface area contributed by atoms with Gasteiger partial charge in [-0.2, -0.15) is 0 Å². The van der Waals surface area contributed by atoms with E-state index in [0.717, 1.165) is 11.1 Å². The smallest absolute Gasteiger partial charge is 0.261 e. The third-order valence-corrected chi connectivity index (χ3v) is 5.09. The van der Waals surface area contributed by atoms with Crippen LogP contribution in [0.5, 0.6) is 11.5 Å². The second-order valence-electron chi connectivity index (χ2n) is 6.24. The first-order valence-corrected chi connectivity index (χ1v) is 9.09. The summed E-state index contributed by atoms with van der Waals surface area (Å²) in [6, 6.07) is 8.83. The summed E-state index contributed by atoms with van der Waals surface area (Å²) in [6.07, 6.45) is 2.69. The predicted molar refractivity (Wildman–Crippen MR) is 108 cm³/mol. The summed E-state index contributed by atoms with van der Waals surface area (Å²) < 4.78 is 12.3. The molecular weight excluding hydrogens is 387 g/mol. The molecular formula is C20H16Cl2N2O3. The van der Waals surface area contributed by atoms with Gasteiger partial charge in [-0.25, -0.2) is 4.98 Å². The summed E-state index contributed by atoms with van der Waals surface area (Å²) in [5.41, 5.74) is 2.20. The van der Waals surface area contributed by atoms with Gasteiger partial charge in [0.25, 0.3) is 5.56 Å². The molecule has 138 valence electrons. The Balaban J connectivity index is 1.89. The highest BCUT2D eigenvalue weighted by Gasteiger charge is 2.22. The van der Waals surface area contributed by atoms with Gasteiger partial charge in [0, 0.05) is 17.6 Å². The SMILES string of the molecule is COc1cc(/C=C2\CCn3c2nc2c(Cl)cc(Cl)cc2c3=O)cc(OC)c1. The summed E-state index contributed by atoms with van der Waals surface area (Å²) in [7, 11) is 3.22. The fourth-order valence-electron chi connectivity index (χ4n) is 3.30. The van der Waals surface area contributed by atoms with Crippen LogP contribution < -0.4 is 15.0 Å². The maximum Gasteiger partial charge on any atom is 0.261 e. The summed E-state index contributed by atoms with van der Waals surface area (Å²) in [4.78, 5) is 17.5. The first-order valence-electron chi connectivity index (χ1n) is 8.34. The molecule has 0 spiro atoms. The van der Waals surface area contributed by atoms with E-state index < -0.39 is 0 Å². The molecule has 4 rings (SSSR count). The van der Waals surface area contributed by atoms with Gasteiger partial charge in [-0.05, 0) is 47.9 Å². The van der Waals surface area contributed by atoms with E-state index in [2.05, 4.69) is 4.98 Å². The number of benzene rings is 2. The quantitative estimate of drug-likeness (QED) is 0.638. The van der Waals surface area contributed by atoms with Crippen molar-refractivity contribution in [3.63, 3.8) is 0 Å². The minimum atomic E-state index is -0.133. The molecule has 0 N–H and O–H groups in total. The van der Waals surface area contributed by atoms with Gasteiger partial charge in [-0.3, -0.25) is 9.36 Å². The van der Waals surface area contributed by atoms with Crippen LogP contribution in [0.2, 0.25) is 10.0 Å². The van der Waals surface area contributed by atoms with Crippen LogP contribution in [-0.4, -0.2) is 23.8 Å². The highest BCUT2D eigenvalue weighted by Crippen LogP contribution is 2.32. The fraction of sp³-hybridized carbons (Fsp3) is 0.200. The van der Waals surface area contributed by atoms with Crippen LogP contribution in [0.4, 0.5) is 0 Å². The Morgan fingerprint density at radius 3 is 2.44 bits per heavy atom. The lowest BCUT2D eigenvalue weighted by atomic mass is 10.1. The zero-order valence-electron chi connectivity index (χ0n) is 14.8. The van der Waals surface area contributed by atoms with Crippen molar-refractivity contribution in [2.24, 2.45) is 0 Å². The van der Waals surface area contributed by atoms with Crippen molar-refractivity contribution in [2.45, 2.75) is 13.0 Å². The molecule has 0 radical (unpaired) electrons. The van der Waals surface area contributed by atoms with Crippen molar-refractivity contribution >= 4 is 45.8 Å². The molecule has 2 aromatic carbocycles. The van der Waals surface area contributed by atoms with Gasteiger partial charge in [0.1, 0.15) is 17.3 Å². The number of halogens is 2. The molecule has 2 heterocycles. The first kappa shape index (κ1) is 17.9. The Hall–Kier alpha value is -2.50. The molecule has 1 aliphatic heterocycles. The number of rotatable bonds is 3. The van der Waals surface area contributed by atoms with E-state index in [4.69, 9.17) is 32.7 Å². The average Bonchev–Trinajstić information content (AvgIpc) is 3.05. The van der Waals surface area contributed by atoms with Crippen LogP contribution in [0.25, 0.3) is 22.6 Å². The number of allylic oxidation sites excluding steroid dienone is 1. The largest absolute Gasteiger partial charge is 0.497 e. The van der Waals surface area contributed by atoms with Crippen molar-refractivity contribution < 1.29 is 9.47 Å². The first-order chi connectivity index (χ1) is 13.0. The molecule has 27 heavy (non-hydrogen) atoms. The number of ether oxygens (including phenoxy) is 2. The van der Waals surface area contributed by atoms with E-state index in [9.17, 15) is 4.79 Å². The highest BCUT2D eigenvalue weighted by atomic mass is 35.5. The minimum absolute atomic E-state index is 0.133. The number of hydrogen-bond acceptors (Lipinski definition) is 4. The molecule has 5 nitrogen and oxygen atoms in total. The molecule has 1 aromatic heterocycles. The van der Waals surface area contributed by atoms with Crippen LogP contribution in [0.1, 0.15) is 17.8 Å². The zero-order chi connectivity index (χ0) is 19.1. The molecule has 0 bridgehead atoms. The molecule has 3 aromatic rings. The van der Waals surface area contributed by atoms with Crippen molar-refractivity contribution in [1.29, 1.82) is 0 Å². The van der Waals surface area contributed by atoms with E-state index in [1.165, 1.54) is 0 Å². The standard InChI is InChI=1S/C20H16Cl2N2O3/c1-26-14-6-11(7-15(10-14)27-2)5-12-3-4-24-19(12)23-18-16(20(24)25)8-13(21)9-17(18)22/h5-10H,3-4H2,1-2H3/b12-5+. The zero-order valence-corrected chi connectivity index (χ0v) is 16.3.